The molecule has 0 aromatic heterocycles. The van der Waals surface area contributed by atoms with E-state index in [1.54, 1.807) is 11.8 Å². The standard InChI is InChI=1S/C15H22N2O2.C6H4BrN/c1-12(18)16(2)15(13-6-4-3-5-7-13)11-17-9-8-14(19)10-17;7-4-1-5-3-6(2-4)8-5/h3-7,14-15,19H,8-11H2,1-2H3;1-3,8H. The highest BCUT2D eigenvalue weighted by molar-refractivity contribution is 9.10. The number of carbonyl (C=O) groups excluding carboxylic acids is 1. The summed E-state index contributed by atoms with van der Waals surface area (Å²) in [5, 5.41) is 12.7. The molecule has 1 fully saturated rings. The number of aliphatic hydroxyl groups excluding tert-OH is 1. The van der Waals surface area contributed by atoms with Gasteiger partial charge in [-0.2, -0.15) is 0 Å². The molecule has 1 amide bonds. The van der Waals surface area contributed by atoms with Crippen molar-refractivity contribution in [2.75, 3.05) is 32.0 Å². The molecular formula is C21H26BrN3O2. The van der Waals surface area contributed by atoms with Crippen LogP contribution in [0.1, 0.15) is 24.9 Å². The van der Waals surface area contributed by atoms with Gasteiger partial charge in [-0.1, -0.05) is 46.3 Å². The molecule has 0 aliphatic carbocycles. The highest BCUT2D eigenvalue weighted by atomic mass is 79.9. The molecule has 2 unspecified atom stereocenters. The van der Waals surface area contributed by atoms with Crippen molar-refractivity contribution in [1.82, 2.24) is 9.80 Å². The highest BCUT2D eigenvalue weighted by Crippen LogP contribution is 2.33. The van der Waals surface area contributed by atoms with Gasteiger partial charge >= 0.3 is 0 Å². The van der Waals surface area contributed by atoms with E-state index < -0.39 is 0 Å². The molecule has 5 nitrogen and oxygen atoms in total. The van der Waals surface area contributed by atoms with E-state index in [4.69, 9.17) is 0 Å². The van der Waals surface area contributed by atoms with Crippen LogP contribution in [0.4, 0.5) is 11.4 Å². The average Bonchev–Trinajstić information content (AvgIpc) is 3.04. The Balaban J connectivity index is 0.000000216. The van der Waals surface area contributed by atoms with E-state index in [9.17, 15) is 9.90 Å². The summed E-state index contributed by atoms with van der Waals surface area (Å²) < 4.78 is 1.16. The molecular weight excluding hydrogens is 406 g/mol. The molecule has 2 N–H and O–H groups in total. The van der Waals surface area contributed by atoms with Gasteiger partial charge in [-0.15, -0.1) is 0 Å². The lowest BCUT2D eigenvalue weighted by Gasteiger charge is -2.31. The number of β-amino-alcohol motifs (C(OH)–C–C–N with tert-alkyl or cyclic N) is 1. The monoisotopic (exact) mass is 431 g/mol. The minimum Gasteiger partial charge on any atom is -0.392 e. The molecule has 2 aromatic carbocycles. The summed E-state index contributed by atoms with van der Waals surface area (Å²) in [6, 6.07) is 16.3. The van der Waals surface area contributed by atoms with Crippen LogP contribution >= 0.6 is 15.9 Å². The van der Waals surface area contributed by atoms with Crippen molar-refractivity contribution in [3.63, 3.8) is 0 Å². The largest absolute Gasteiger partial charge is 0.392 e. The van der Waals surface area contributed by atoms with Gasteiger partial charge in [0.15, 0.2) is 0 Å². The summed E-state index contributed by atoms with van der Waals surface area (Å²) in [5.41, 5.74) is 3.55. The summed E-state index contributed by atoms with van der Waals surface area (Å²) >= 11 is 3.36. The Morgan fingerprint density at radius 3 is 2.37 bits per heavy atom. The molecule has 0 spiro atoms. The van der Waals surface area contributed by atoms with Gasteiger partial charge < -0.3 is 15.3 Å². The number of rotatable bonds is 4. The number of amides is 1. The van der Waals surface area contributed by atoms with Crippen LogP contribution in [-0.2, 0) is 4.79 Å². The van der Waals surface area contributed by atoms with E-state index >= 15 is 0 Å². The van der Waals surface area contributed by atoms with E-state index in [1.807, 2.05) is 37.4 Å². The smallest absolute Gasteiger partial charge is 0.219 e. The van der Waals surface area contributed by atoms with Gasteiger partial charge in [-0.25, -0.2) is 0 Å². The van der Waals surface area contributed by atoms with Crippen molar-refractivity contribution in [3.05, 3.63) is 58.6 Å². The maximum atomic E-state index is 11.7. The van der Waals surface area contributed by atoms with Gasteiger partial charge in [0, 0.05) is 49.5 Å². The molecule has 0 saturated carbocycles. The first-order chi connectivity index (χ1) is 12.9. The number of benzene rings is 2. The Labute approximate surface area is 169 Å². The van der Waals surface area contributed by atoms with Crippen LogP contribution in [-0.4, -0.2) is 53.6 Å². The molecule has 3 aliphatic heterocycles. The number of hydrogen-bond donors (Lipinski definition) is 2. The zero-order valence-electron chi connectivity index (χ0n) is 15.7. The van der Waals surface area contributed by atoms with Gasteiger partial charge in [0.05, 0.1) is 12.1 Å². The third-order valence-electron chi connectivity index (χ3n) is 5.01. The van der Waals surface area contributed by atoms with Crippen LogP contribution in [0.25, 0.3) is 0 Å². The fraction of sp³-hybridized carbons (Fsp3) is 0.381. The first-order valence-corrected chi connectivity index (χ1v) is 9.98. The lowest BCUT2D eigenvalue weighted by atomic mass is 10.1. The third-order valence-corrected chi connectivity index (χ3v) is 5.47. The van der Waals surface area contributed by atoms with Crippen molar-refractivity contribution in [2.24, 2.45) is 0 Å². The SMILES string of the molecule is Brc1cc2cc(c1)N2.CC(=O)N(C)C(CN1CCC(O)C1)c1ccccc1. The Hall–Kier alpha value is -1.89. The summed E-state index contributed by atoms with van der Waals surface area (Å²) in [6.07, 6.45) is 0.602. The van der Waals surface area contributed by atoms with Gasteiger partial charge in [0.2, 0.25) is 5.91 Å². The lowest BCUT2D eigenvalue weighted by Crippen LogP contribution is -2.38. The Bertz CT molecular complexity index is 763. The number of likely N-dealkylation sites (N-methyl/N-ethyl adjacent to an activating group) is 1. The summed E-state index contributed by atoms with van der Waals surface area (Å²) in [6.45, 7) is 3.97. The van der Waals surface area contributed by atoms with Crippen LogP contribution in [0.2, 0.25) is 0 Å². The van der Waals surface area contributed by atoms with E-state index in [-0.39, 0.29) is 18.1 Å². The fourth-order valence-electron chi connectivity index (χ4n) is 3.39. The molecule has 144 valence electrons. The summed E-state index contributed by atoms with van der Waals surface area (Å²) in [5.74, 6) is 0.0635. The normalized spacial score (nSPS) is 18.6. The Morgan fingerprint density at radius 2 is 1.93 bits per heavy atom. The molecule has 5 rings (SSSR count). The van der Waals surface area contributed by atoms with Gasteiger partial charge in [-0.05, 0) is 30.2 Å². The highest BCUT2D eigenvalue weighted by Gasteiger charge is 2.26. The van der Waals surface area contributed by atoms with E-state index in [2.05, 4.69) is 44.3 Å². The molecule has 3 aliphatic rings. The number of anilines is 2. The Kier molecular flexibility index (Phi) is 6.52. The second-order valence-corrected chi connectivity index (χ2v) is 8.03. The van der Waals surface area contributed by atoms with Crippen molar-refractivity contribution in [2.45, 2.75) is 25.5 Å². The fourth-order valence-corrected chi connectivity index (χ4v) is 3.88. The first kappa shape index (κ1) is 19.9. The van der Waals surface area contributed by atoms with Crippen molar-refractivity contribution >= 4 is 33.2 Å². The molecule has 6 heteroatoms. The minimum absolute atomic E-state index is 0.0454. The number of nitrogens with one attached hydrogen (secondary N) is 1. The number of fused-ring (bicyclic) bond motifs is 2. The second kappa shape index (κ2) is 8.87. The first-order valence-electron chi connectivity index (χ1n) is 9.19. The molecule has 2 bridgehead atoms. The number of hydrogen-bond acceptors (Lipinski definition) is 4. The van der Waals surface area contributed by atoms with Crippen LogP contribution < -0.4 is 5.32 Å². The van der Waals surface area contributed by atoms with E-state index in [0.29, 0.717) is 6.54 Å². The predicted octanol–water partition coefficient (Wildman–Crippen LogP) is 3.78. The van der Waals surface area contributed by atoms with Gasteiger partial charge in [-0.3, -0.25) is 9.69 Å². The molecule has 3 heterocycles. The second-order valence-electron chi connectivity index (χ2n) is 7.11. The van der Waals surface area contributed by atoms with Gasteiger partial charge in [0.25, 0.3) is 0 Å². The molecule has 27 heavy (non-hydrogen) atoms. The topological polar surface area (TPSA) is 55.8 Å². The zero-order valence-corrected chi connectivity index (χ0v) is 17.3. The molecule has 2 aromatic rings. The number of nitrogens with zero attached hydrogens (tertiary/aromatic N) is 2. The number of aliphatic hydroxyl groups is 1. The van der Waals surface area contributed by atoms with Gasteiger partial charge in [0.1, 0.15) is 0 Å². The lowest BCUT2D eigenvalue weighted by molar-refractivity contribution is -0.130. The van der Waals surface area contributed by atoms with Crippen molar-refractivity contribution in [3.8, 4) is 0 Å². The predicted molar refractivity (Wildman–Crippen MR) is 112 cm³/mol. The molecule has 2 atom stereocenters. The minimum atomic E-state index is -0.223. The van der Waals surface area contributed by atoms with Crippen molar-refractivity contribution in [1.29, 1.82) is 0 Å². The van der Waals surface area contributed by atoms with Crippen LogP contribution in [0, 0.1) is 0 Å². The van der Waals surface area contributed by atoms with Crippen molar-refractivity contribution < 1.29 is 9.90 Å². The molecule has 0 radical (unpaired) electrons. The Morgan fingerprint density at radius 1 is 1.30 bits per heavy atom. The maximum absolute atomic E-state index is 11.7. The number of likely N-dealkylation sites (tertiary alicyclic amines) is 1. The van der Waals surface area contributed by atoms with Crippen LogP contribution in [0.5, 0.6) is 0 Å². The van der Waals surface area contributed by atoms with Crippen LogP contribution in [0.3, 0.4) is 0 Å². The zero-order chi connectivity index (χ0) is 19.4. The van der Waals surface area contributed by atoms with Crippen LogP contribution in [0.15, 0.2) is 53.0 Å². The molecule has 1 saturated heterocycles. The summed E-state index contributed by atoms with van der Waals surface area (Å²) in [4.78, 5) is 15.7. The quantitative estimate of drug-likeness (QED) is 0.659. The maximum Gasteiger partial charge on any atom is 0.219 e. The van der Waals surface area contributed by atoms with E-state index in [1.165, 1.54) is 11.4 Å². The third kappa shape index (κ3) is 5.31. The average molecular weight is 432 g/mol. The number of halogens is 1. The van der Waals surface area contributed by atoms with E-state index in [0.717, 1.165) is 29.5 Å². The number of carbonyl (C=O) groups is 1. The summed E-state index contributed by atoms with van der Waals surface area (Å²) in [7, 11) is 1.84.